The molecule has 0 fully saturated rings. The first-order valence-electron chi connectivity index (χ1n) is 7.66. The van der Waals surface area contributed by atoms with Crippen LogP contribution in [0.1, 0.15) is 41.6 Å². The summed E-state index contributed by atoms with van der Waals surface area (Å²) in [4.78, 5) is 13.8. The van der Waals surface area contributed by atoms with Gasteiger partial charge in [0.1, 0.15) is 17.2 Å². The average molecular weight is 331 g/mol. The van der Waals surface area contributed by atoms with E-state index in [1.54, 1.807) is 6.07 Å². The fourth-order valence-electron chi connectivity index (χ4n) is 2.74. The smallest absolute Gasteiger partial charge is 0.345 e. The second-order valence-corrected chi connectivity index (χ2v) is 7.87. The van der Waals surface area contributed by atoms with Crippen LogP contribution < -0.4 is 9.64 Å². The fourth-order valence-corrected chi connectivity index (χ4v) is 3.79. The fraction of sp³-hybridized carbons (Fsp3) is 0.389. The molecule has 2 aromatic rings. The zero-order chi connectivity index (χ0) is 16.8. The molecule has 0 saturated carbocycles. The van der Waals surface area contributed by atoms with Crippen molar-refractivity contribution >= 4 is 28.0 Å². The Hall–Kier alpha value is -2.01. The number of fused-ring (bicyclic) bond motifs is 1. The largest absolute Gasteiger partial charge is 0.490 e. The van der Waals surface area contributed by atoms with Crippen molar-refractivity contribution < 1.29 is 14.6 Å². The minimum atomic E-state index is -0.874. The lowest BCUT2D eigenvalue weighted by atomic mass is 9.86. The van der Waals surface area contributed by atoms with Crippen LogP contribution in [0.15, 0.2) is 24.3 Å². The maximum Gasteiger partial charge on any atom is 0.345 e. The van der Waals surface area contributed by atoms with E-state index in [-0.39, 0.29) is 5.41 Å². The van der Waals surface area contributed by atoms with Gasteiger partial charge in [-0.05, 0) is 41.7 Å². The van der Waals surface area contributed by atoms with Crippen LogP contribution in [0.5, 0.6) is 5.75 Å². The van der Waals surface area contributed by atoms with Crippen molar-refractivity contribution in [1.82, 2.24) is 0 Å². The first-order valence-corrected chi connectivity index (χ1v) is 8.47. The molecule has 0 aliphatic carbocycles. The number of aromatic carboxylic acids is 1. The quantitative estimate of drug-likeness (QED) is 0.875. The number of anilines is 2. The number of carbonyl (C=O) groups is 1. The second kappa shape index (κ2) is 5.57. The molecule has 0 unspecified atom stereocenters. The molecular formula is C18H21NO3S. The first kappa shape index (κ1) is 15.9. The van der Waals surface area contributed by atoms with E-state index in [2.05, 4.69) is 37.8 Å². The Bertz CT molecular complexity index is 758. The monoisotopic (exact) mass is 331 g/mol. The van der Waals surface area contributed by atoms with Crippen molar-refractivity contribution in [3.63, 3.8) is 0 Å². The van der Waals surface area contributed by atoms with Crippen molar-refractivity contribution in [3.05, 3.63) is 40.3 Å². The van der Waals surface area contributed by atoms with E-state index in [1.807, 2.05) is 13.0 Å². The number of rotatable bonds is 2. The molecule has 0 atom stereocenters. The Balaban J connectivity index is 2.09. The van der Waals surface area contributed by atoms with Gasteiger partial charge in [0, 0.05) is 0 Å². The van der Waals surface area contributed by atoms with Crippen molar-refractivity contribution in [2.75, 3.05) is 18.1 Å². The summed E-state index contributed by atoms with van der Waals surface area (Å²) in [5.74, 6) is -0.0183. The van der Waals surface area contributed by atoms with Crippen LogP contribution >= 0.6 is 11.3 Å². The lowest BCUT2D eigenvalue weighted by molar-refractivity contribution is 0.0702. The number of hydrogen-bond acceptors (Lipinski definition) is 4. The van der Waals surface area contributed by atoms with Gasteiger partial charge in [0.15, 0.2) is 0 Å². The molecule has 1 aliphatic rings. The number of thiophene rings is 1. The summed E-state index contributed by atoms with van der Waals surface area (Å²) in [7, 11) is 0. The van der Waals surface area contributed by atoms with Crippen molar-refractivity contribution in [2.45, 2.75) is 33.1 Å². The number of aryl methyl sites for hydroxylation is 1. The van der Waals surface area contributed by atoms with Crippen LogP contribution in [0.3, 0.4) is 0 Å². The highest BCUT2D eigenvalue weighted by Crippen LogP contribution is 2.43. The lowest BCUT2D eigenvalue weighted by Crippen LogP contribution is -2.29. The van der Waals surface area contributed by atoms with Gasteiger partial charge in [0.05, 0.1) is 17.2 Å². The molecule has 0 bridgehead atoms. The number of benzene rings is 1. The van der Waals surface area contributed by atoms with E-state index in [0.717, 1.165) is 28.5 Å². The molecule has 3 rings (SSSR count). The van der Waals surface area contributed by atoms with E-state index in [4.69, 9.17) is 4.74 Å². The summed E-state index contributed by atoms with van der Waals surface area (Å²) < 4.78 is 5.78. The normalized spacial score (nSPS) is 14.3. The van der Waals surface area contributed by atoms with E-state index >= 15 is 0 Å². The predicted octanol–water partition coefficient (Wildman–Crippen LogP) is 4.58. The summed E-state index contributed by atoms with van der Waals surface area (Å²) in [6.07, 6.45) is 0. The molecule has 0 saturated heterocycles. The number of ether oxygens (including phenoxy) is 1. The Morgan fingerprint density at radius 2 is 2.04 bits per heavy atom. The third kappa shape index (κ3) is 2.93. The molecule has 0 radical (unpaired) electrons. The summed E-state index contributed by atoms with van der Waals surface area (Å²) in [5, 5.41) is 10.2. The van der Waals surface area contributed by atoms with Crippen LogP contribution in [0.2, 0.25) is 0 Å². The Kier molecular flexibility index (Phi) is 3.84. The first-order chi connectivity index (χ1) is 10.8. The van der Waals surface area contributed by atoms with Crippen molar-refractivity contribution in [3.8, 4) is 5.75 Å². The number of nitrogens with zero attached hydrogens (tertiary/aromatic N) is 1. The topological polar surface area (TPSA) is 49.8 Å². The van der Waals surface area contributed by atoms with E-state index in [9.17, 15) is 9.90 Å². The molecule has 23 heavy (non-hydrogen) atoms. The highest BCUT2D eigenvalue weighted by molar-refractivity contribution is 7.18. The van der Waals surface area contributed by atoms with Crippen LogP contribution in [0.25, 0.3) is 0 Å². The van der Waals surface area contributed by atoms with Gasteiger partial charge in [-0.25, -0.2) is 4.79 Å². The minimum absolute atomic E-state index is 0.0505. The van der Waals surface area contributed by atoms with Gasteiger partial charge >= 0.3 is 5.97 Å². The van der Waals surface area contributed by atoms with Gasteiger partial charge < -0.3 is 14.7 Å². The van der Waals surface area contributed by atoms with E-state index in [0.29, 0.717) is 11.5 Å². The van der Waals surface area contributed by atoms with Gasteiger partial charge in [-0.1, -0.05) is 26.8 Å². The summed E-state index contributed by atoms with van der Waals surface area (Å²) in [6, 6.07) is 8.02. The van der Waals surface area contributed by atoms with Crippen LogP contribution in [-0.2, 0) is 5.41 Å². The van der Waals surface area contributed by atoms with Crippen molar-refractivity contribution in [2.24, 2.45) is 0 Å². The van der Waals surface area contributed by atoms with Crippen LogP contribution in [-0.4, -0.2) is 24.2 Å². The average Bonchev–Trinajstić information content (AvgIpc) is 2.87. The molecule has 1 aromatic carbocycles. The second-order valence-electron chi connectivity index (χ2n) is 6.84. The maximum atomic E-state index is 11.2. The third-order valence-electron chi connectivity index (χ3n) is 4.04. The molecule has 1 aromatic heterocycles. The minimum Gasteiger partial charge on any atom is -0.490 e. The van der Waals surface area contributed by atoms with Gasteiger partial charge in [-0.3, -0.25) is 0 Å². The van der Waals surface area contributed by atoms with Crippen LogP contribution in [0, 0.1) is 6.92 Å². The molecule has 5 heteroatoms. The predicted molar refractivity (Wildman–Crippen MR) is 93.7 cm³/mol. The Labute approximate surface area is 140 Å². The zero-order valence-electron chi connectivity index (χ0n) is 13.8. The van der Waals surface area contributed by atoms with E-state index < -0.39 is 5.97 Å². The molecular weight excluding hydrogens is 310 g/mol. The zero-order valence-corrected chi connectivity index (χ0v) is 14.7. The highest BCUT2D eigenvalue weighted by atomic mass is 32.1. The Morgan fingerprint density at radius 3 is 2.65 bits per heavy atom. The molecule has 122 valence electrons. The number of carboxylic acid groups (broad SMARTS) is 1. The standard InChI is InChI=1S/C18H21NO3S/c1-11-9-15(17(20)21)23-16(11)19-7-8-22-14-6-5-12(10-13(14)19)18(2,3)4/h5-6,9-10H,7-8H2,1-4H3,(H,20,21). The number of hydrogen-bond donors (Lipinski definition) is 1. The van der Waals surface area contributed by atoms with Gasteiger partial charge in [0.25, 0.3) is 0 Å². The molecule has 1 N–H and O–H groups in total. The SMILES string of the molecule is Cc1cc(C(=O)O)sc1N1CCOc2ccc(C(C)(C)C)cc21. The maximum absolute atomic E-state index is 11.2. The Morgan fingerprint density at radius 1 is 1.30 bits per heavy atom. The van der Waals surface area contributed by atoms with Crippen molar-refractivity contribution in [1.29, 1.82) is 0 Å². The number of carboxylic acids is 1. The van der Waals surface area contributed by atoms with Gasteiger partial charge in [-0.15, -0.1) is 11.3 Å². The molecule has 2 heterocycles. The highest BCUT2D eigenvalue weighted by Gasteiger charge is 2.26. The summed E-state index contributed by atoms with van der Waals surface area (Å²) in [6.45, 7) is 9.83. The molecule has 0 spiro atoms. The molecule has 1 aliphatic heterocycles. The summed E-state index contributed by atoms with van der Waals surface area (Å²) in [5.41, 5.74) is 3.29. The molecule has 0 amide bonds. The summed E-state index contributed by atoms with van der Waals surface area (Å²) >= 11 is 1.32. The molecule has 4 nitrogen and oxygen atoms in total. The van der Waals surface area contributed by atoms with Crippen LogP contribution in [0.4, 0.5) is 10.7 Å². The van der Waals surface area contributed by atoms with Gasteiger partial charge in [-0.2, -0.15) is 0 Å². The lowest BCUT2D eigenvalue weighted by Gasteiger charge is -2.32. The van der Waals surface area contributed by atoms with Gasteiger partial charge in [0.2, 0.25) is 0 Å². The third-order valence-corrected chi connectivity index (χ3v) is 5.28. The van der Waals surface area contributed by atoms with E-state index in [1.165, 1.54) is 16.9 Å².